The Morgan fingerprint density at radius 2 is 1.44 bits per heavy atom. The van der Waals surface area contributed by atoms with Crippen molar-refractivity contribution in [2.45, 2.75) is 6.54 Å². The van der Waals surface area contributed by atoms with Crippen molar-refractivity contribution in [1.82, 2.24) is 0 Å². The van der Waals surface area contributed by atoms with Crippen LogP contribution in [-0.2, 0) is 6.54 Å². The van der Waals surface area contributed by atoms with Gasteiger partial charge in [0.2, 0.25) is 0 Å². The van der Waals surface area contributed by atoms with Crippen LogP contribution in [0.2, 0.25) is 0 Å². The van der Waals surface area contributed by atoms with E-state index in [1.54, 1.807) is 6.21 Å². The largest absolute Gasteiger partial charge is 0.506 e. The molecule has 0 saturated carbocycles. The maximum atomic E-state index is 9.83. The molecule has 0 aliphatic carbocycles. The van der Waals surface area contributed by atoms with E-state index in [1.807, 2.05) is 65.7 Å². The Kier molecular flexibility index (Phi) is 5.89. The predicted octanol–water partition coefficient (Wildman–Crippen LogP) is 5.96. The summed E-state index contributed by atoms with van der Waals surface area (Å²) in [5.74, 6) is 0.182. The zero-order valence-corrected chi connectivity index (χ0v) is 16.5. The maximum absolute atomic E-state index is 9.83. The van der Waals surface area contributed by atoms with Crippen molar-refractivity contribution < 1.29 is 5.11 Å². The van der Waals surface area contributed by atoms with Crippen LogP contribution in [0.5, 0.6) is 5.75 Å². The van der Waals surface area contributed by atoms with Crippen molar-refractivity contribution in [3.05, 3.63) is 92.9 Å². The van der Waals surface area contributed by atoms with Crippen LogP contribution in [0.4, 0.5) is 5.69 Å². The van der Waals surface area contributed by atoms with Gasteiger partial charge in [-0.3, -0.25) is 5.01 Å². The minimum Gasteiger partial charge on any atom is -0.506 e. The lowest BCUT2D eigenvalue weighted by Crippen LogP contribution is -2.16. The maximum Gasteiger partial charge on any atom is 0.143 e. The smallest absolute Gasteiger partial charge is 0.143 e. The highest BCUT2D eigenvalue weighted by molar-refractivity contribution is 9.11. The van der Waals surface area contributed by atoms with Gasteiger partial charge >= 0.3 is 0 Å². The number of hydrazone groups is 1. The van der Waals surface area contributed by atoms with Crippen LogP contribution in [0.1, 0.15) is 11.1 Å². The van der Waals surface area contributed by atoms with Crippen LogP contribution in [0.15, 0.2) is 86.8 Å². The predicted molar refractivity (Wildman–Crippen MR) is 110 cm³/mol. The SMILES string of the molecule is Oc1c(Br)cc(/C=N/N(Cc2ccccc2)c2ccccc2)cc1Br. The molecule has 0 aromatic heterocycles. The number of anilines is 1. The van der Waals surface area contributed by atoms with E-state index in [1.165, 1.54) is 5.56 Å². The highest BCUT2D eigenvalue weighted by atomic mass is 79.9. The molecule has 3 rings (SSSR count). The van der Waals surface area contributed by atoms with Gasteiger partial charge in [-0.15, -0.1) is 0 Å². The number of hydrogen-bond acceptors (Lipinski definition) is 3. The summed E-state index contributed by atoms with van der Waals surface area (Å²) < 4.78 is 1.25. The van der Waals surface area contributed by atoms with Crippen molar-refractivity contribution >= 4 is 43.8 Å². The Morgan fingerprint density at radius 1 is 0.880 bits per heavy atom. The molecule has 0 bridgehead atoms. The van der Waals surface area contributed by atoms with Gasteiger partial charge in [0.05, 0.1) is 27.4 Å². The summed E-state index contributed by atoms with van der Waals surface area (Å²) in [6.45, 7) is 0.668. The molecule has 0 amide bonds. The lowest BCUT2D eigenvalue weighted by Gasteiger charge is -2.19. The molecule has 3 aromatic carbocycles. The second-order valence-electron chi connectivity index (χ2n) is 5.46. The molecule has 1 N–H and O–H groups in total. The van der Waals surface area contributed by atoms with Crippen LogP contribution in [0, 0.1) is 0 Å². The first kappa shape index (κ1) is 17.7. The van der Waals surface area contributed by atoms with E-state index in [0.29, 0.717) is 15.5 Å². The van der Waals surface area contributed by atoms with Gasteiger partial charge in [0, 0.05) is 0 Å². The summed E-state index contributed by atoms with van der Waals surface area (Å²) in [5, 5.41) is 16.4. The highest BCUT2D eigenvalue weighted by Crippen LogP contribution is 2.33. The van der Waals surface area contributed by atoms with Crippen molar-refractivity contribution in [2.24, 2.45) is 5.10 Å². The topological polar surface area (TPSA) is 35.8 Å². The van der Waals surface area contributed by atoms with Crippen LogP contribution >= 0.6 is 31.9 Å². The number of rotatable bonds is 5. The summed E-state index contributed by atoms with van der Waals surface area (Å²) in [4.78, 5) is 0. The minimum atomic E-state index is 0.182. The summed E-state index contributed by atoms with van der Waals surface area (Å²) >= 11 is 6.69. The van der Waals surface area contributed by atoms with Crippen LogP contribution < -0.4 is 5.01 Å². The lowest BCUT2D eigenvalue weighted by atomic mass is 10.2. The van der Waals surface area contributed by atoms with E-state index in [0.717, 1.165) is 11.3 Å². The third-order valence-electron chi connectivity index (χ3n) is 3.61. The number of aromatic hydroxyl groups is 1. The molecule has 25 heavy (non-hydrogen) atoms. The molecule has 3 nitrogen and oxygen atoms in total. The van der Waals surface area contributed by atoms with E-state index in [-0.39, 0.29) is 5.75 Å². The number of halogens is 2. The first-order valence-electron chi connectivity index (χ1n) is 7.72. The number of phenols is 1. The van der Waals surface area contributed by atoms with Gasteiger partial charge in [-0.2, -0.15) is 5.10 Å². The molecule has 5 heteroatoms. The Balaban J connectivity index is 1.89. The molecule has 0 aliphatic rings. The monoisotopic (exact) mass is 458 g/mol. The third-order valence-corrected chi connectivity index (χ3v) is 4.82. The van der Waals surface area contributed by atoms with Crippen molar-refractivity contribution in [2.75, 3.05) is 5.01 Å². The van der Waals surface area contributed by atoms with E-state index in [2.05, 4.69) is 49.1 Å². The van der Waals surface area contributed by atoms with E-state index < -0.39 is 0 Å². The van der Waals surface area contributed by atoms with Crippen molar-refractivity contribution in [3.8, 4) is 5.75 Å². The first-order chi connectivity index (χ1) is 12.1. The van der Waals surface area contributed by atoms with Gasteiger partial charge in [-0.1, -0.05) is 48.5 Å². The lowest BCUT2D eigenvalue weighted by molar-refractivity contribution is 0.468. The van der Waals surface area contributed by atoms with Gasteiger partial charge in [0.1, 0.15) is 5.75 Å². The Morgan fingerprint density at radius 3 is 2.04 bits per heavy atom. The van der Waals surface area contributed by atoms with Crippen LogP contribution in [-0.4, -0.2) is 11.3 Å². The highest BCUT2D eigenvalue weighted by Gasteiger charge is 2.07. The first-order valence-corrected chi connectivity index (χ1v) is 9.30. The molecule has 0 aliphatic heterocycles. The number of para-hydroxylation sites is 1. The summed E-state index contributed by atoms with van der Waals surface area (Å²) in [6.07, 6.45) is 1.78. The van der Waals surface area contributed by atoms with Crippen LogP contribution in [0.25, 0.3) is 0 Å². The normalized spacial score (nSPS) is 11.0. The Labute approximate surface area is 163 Å². The molecule has 0 saturated heterocycles. The average Bonchev–Trinajstić information content (AvgIpc) is 2.64. The summed E-state index contributed by atoms with van der Waals surface area (Å²) in [5.41, 5.74) is 3.07. The molecular formula is C20H16Br2N2O. The second kappa shape index (κ2) is 8.32. The van der Waals surface area contributed by atoms with Gasteiger partial charge in [-0.05, 0) is 67.3 Å². The Bertz CT molecular complexity index is 844. The molecule has 0 spiro atoms. The fourth-order valence-corrected chi connectivity index (χ4v) is 3.57. The minimum absolute atomic E-state index is 0.182. The summed E-state index contributed by atoms with van der Waals surface area (Å²) in [7, 11) is 0. The van der Waals surface area contributed by atoms with Crippen LogP contribution in [0.3, 0.4) is 0 Å². The molecular weight excluding hydrogens is 444 g/mol. The number of phenolic OH excluding ortho intramolecular Hbond substituents is 1. The summed E-state index contributed by atoms with van der Waals surface area (Å²) in [6, 6.07) is 23.9. The standard InChI is InChI=1S/C20H16Br2N2O/c21-18-11-16(12-19(22)20(18)25)13-23-24(17-9-5-2-6-10-17)14-15-7-3-1-4-8-15/h1-13,25H,14H2/b23-13+. The third kappa shape index (κ3) is 4.71. The quantitative estimate of drug-likeness (QED) is 0.377. The molecule has 0 atom stereocenters. The molecule has 126 valence electrons. The number of benzene rings is 3. The van der Waals surface area contributed by atoms with Gasteiger partial charge in [0.25, 0.3) is 0 Å². The second-order valence-corrected chi connectivity index (χ2v) is 7.17. The van der Waals surface area contributed by atoms with E-state index >= 15 is 0 Å². The zero-order valence-electron chi connectivity index (χ0n) is 13.3. The molecule has 0 radical (unpaired) electrons. The van der Waals surface area contributed by atoms with Crippen molar-refractivity contribution in [1.29, 1.82) is 0 Å². The van der Waals surface area contributed by atoms with Gasteiger partial charge in [0.15, 0.2) is 0 Å². The van der Waals surface area contributed by atoms with E-state index in [4.69, 9.17) is 0 Å². The molecule has 0 unspecified atom stereocenters. The number of hydrogen-bond donors (Lipinski definition) is 1. The molecule has 0 fully saturated rings. The molecule has 3 aromatic rings. The molecule has 0 heterocycles. The fourth-order valence-electron chi connectivity index (χ4n) is 2.35. The van der Waals surface area contributed by atoms with Gasteiger partial charge < -0.3 is 5.11 Å². The van der Waals surface area contributed by atoms with Crippen molar-refractivity contribution in [3.63, 3.8) is 0 Å². The fraction of sp³-hybridized carbons (Fsp3) is 0.0500. The Hall–Kier alpha value is -2.11. The average molecular weight is 460 g/mol. The zero-order chi connectivity index (χ0) is 17.6. The number of nitrogens with zero attached hydrogens (tertiary/aromatic N) is 2. The van der Waals surface area contributed by atoms with Gasteiger partial charge in [-0.25, -0.2) is 0 Å². The van der Waals surface area contributed by atoms with E-state index in [9.17, 15) is 5.11 Å².